The van der Waals surface area contributed by atoms with Gasteiger partial charge in [0.25, 0.3) is 0 Å². The molecule has 2 amide bonds. The number of hydrogen-bond acceptors (Lipinski definition) is 2. The molecule has 0 spiro atoms. The van der Waals surface area contributed by atoms with Crippen LogP contribution < -0.4 is 0 Å². The van der Waals surface area contributed by atoms with Gasteiger partial charge < -0.3 is 9.80 Å². The van der Waals surface area contributed by atoms with Gasteiger partial charge in [0.05, 0.1) is 0 Å². The van der Waals surface area contributed by atoms with Crippen LogP contribution in [0.4, 0.5) is 0 Å². The molecule has 1 saturated carbocycles. The van der Waals surface area contributed by atoms with E-state index in [2.05, 4.69) is 12.1 Å². The van der Waals surface area contributed by atoms with Gasteiger partial charge in [0.15, 0.2) is 0 Å². The Morgan fingerprint density at radius 3 is 2.25 bits per heavy atom. The lowest BCUT2D eigenvalue weighted by atomic mass is 9.83. The first-order chi connectivity index (χ1) is 11.7. The van der Waals surface area contributed by atoms with Crippen LogP contribution >= 0.6 is 0 Å². The Morgan fingerprint density at radius 2 is 1.71 bits per heavy atom. The zero-order valence-corrected chi connectivity index (χ0v) is 14.6. The third kappa shape index (κ3) is 3.80. The molecule has 4 nitrogen and oxygen atoms in total. The number of likely N-dealkylation sites (tertiary alicyclic amines) is 1. The van der Waals surface area contributed by atoms with E-state index in [1.54, 1.807) is 0 Å². The van der Waals surface area contributed by atoms with Crippen molar-refractivity contribution in [3.8, 4) is 0 Å². The lowest BCUT2D eigenvalue weighted by Crippen LogP contribution is -2.46. The van der Waals surface area contributed by atoms with Crippen molar-refractivity contribution in [2.24, 2.45) is 11.8 Å². The number of piperidine rings is 1. The lowest BCUT2D eigenvalue weighted by molar-refractivity contribution is -0.144. The average molecular weight is 328 g/mol. The molecule has 3 rings (SSSR count). The van der Waals surface area contributed by atoms with Crippen molar-refractivity contribution in [3.63, 3.8) is 0 Å². The summed E-state index contributed by atoms with van der Waals surface area (Å²) in [5.74, 6) is 0.905. The van der Waals surface area contributed by atoms with E-state index in [1.165, 1.54) is 12.0 Å². The molecule has 4 heteroatoms. The fourth-order valence-electron chi connectivity index (χ4n) is 3.67. The van der Waals surface area contributed by atoms with E-state index in [9.17, 15) is 9.59 Å². The van der Waals surface area contributed by atoms with Crippen LogP contribution in [-0.2, 0) is 16.1 Å². The van der Waals surface area contributed by atoms with Gasteiger partial charge in [-0.25, -0.2) is 0 Å². The van der Waals surface area contributed by atoms with Crippen LogP contribution in [0.3, 0.4) is 0 Å². The van der Waals surface area contributed by atoms with Gasteiger partial charge in [0.1, 0.15) is 0 Å². The summed E-state index contributed by atoms with van der Waals surface area (Å²) >= 11 is 0. The molecule has 0 unspecified atom stereocenters. The highest BCUT2D eigenvalue weighted by Gasteiger charge is 2.34. The molecule has 0 aromatic heterocycles. The second-order valence-corrected chi connectivity index (χ2v) is 7.07. The molecule has 1 saturated heterocycles. The van der Waals surface area contributed by atoms with Crippen molar-refractivity contribution in [1.82, 2.24) is 9.80 Å². The van der Waals surface area contributed by atoms with Gasteiger partial charge in [0.2, 0.25) is 11.8 Å². The van der Waals surface area contributed by atoms with Gasteiger partial charge in [-0.15, -0.1) is 0 Å². The van der Waals surface area contributed by atoms with Gasteiger partial charge in [-0.2, -0.15) is 0 Å². The van der Waals surface area contributed by atoms with Crippen molar-refractivity contribution in [2.45, 2.75) is 45.6 Å². The maximum absolute atomic E-state index is 12.8. The van der Waals surface area contributed by atoms with E-state index in [4.69, 9.17) is 0 Å². The molecular weight excluding hydrogens is 300 g/mol. The topological polar surface area (TPSA) is 40.6 Å². The fraction of sp³-hybridized carbons (Fsp3) is 0.600. The first kappa shape index (κ1) is 17.0. The summed E-state index contributed by atoms with van der Waals surface area (Å²) in [6.07, 6.45) is 4.91. The molecule has 0 bridgehead atoms. The van der Waals surface area contributed by atoms with E-state index in [0.29, 0.717) is 12.5 Å². The Bertz CT molecular complexity index is 560. The second kappa shape index (κ2) is 7.82. The van der Waals surface area contributed by atoms with Gasteiger partial charge >= 0.3 is 0 Å². The molecule has 130 valence electrons. The van der Waals surface area contributed by atoms with E-state index in [0.717, 1.165) is 45.3 Å². The van der Waals surface area contributed by atoms with Crippen LogP contribution in [0.5, 0.6) is 0 Å². The normalized spacial score (nSPS) is 19.0. The van der Waals surface area contributed by atoms with Gasteiger partial charge in [-0.3, -0.25) is 9.59 Å². The van der Waals surface area contributed by atoms with Crippen LogP contribution in [0.25, 0.3) is 0 Å². The predicted molar refractivity (Wildman–Crippen MR) is 94.2 cm³/mol. The SMILES string of the molecule is CCN(Cc1ccccc1)C(=O)C1CCN(C(=O)C2CCC2)CC1. The Hall–Kier alpha value is -1.84. The molecule has 1 aliphatic heterocycles. The monoisotopic (exact) mass is 328 g/mol. The first-order valence-electron chi connectivity index (χ1n) is 9.30. The molecule has 2 aliphatic rings. The van der Waals surface area contributed by atoms with E-state index < -0.39 is 0 Å². The number of benzene rings is 1. The standard InChI is InChI=1S/C20H28N2O2/c1-2-21(15-16-7-4-3-5-8-16)19(23)18-11-13-22(14-12-18)20(24)17-9-6-10-17/h3-5,7-8,17-18H,2,6,9-15H2,1H3. The van der Waals surface area contributed by atoms with Gasteiger partial charge in [-0.1, -0.05) is 36.8 Å². The molecule has 1 aliphatic carbocycles. The lowest BCUT2D eigenvalue weighted by Gasteiger charge is -2.37. The molecule has 1 heterocycles. The zero-order valence-electron chi connectivity index (χ0n) is 14.6. The number of nitrogens with zero attached hydrogens (tertiary/aromatic N) is 2. The minimum Gasteiger partial charge on any atom is -0.342 e. The molecule has 2 fully saturated rings. The minimum atomic E-state index is 0.0686. The highest BCUT2D eigenvalue weighted by Crippen LogP contribution is 2.30. The number of rotatable bonds is 5. The van der Waals surface area contributed by atoms with Crippen LogP contribution in [0.1, 0.15) is 44.6 Å². The maximum atomic E-state index is 12.8. The first-order valence-corrected chi connectivity index (χ1v) is 9.30. The highest BCUT2D eigenvalue weighted by molar-refractivity contribution is 5.81. The smallest absolute Gasteiger partial charge is 0.226 e. The summed E-state index contributed by atoms with van der Waals surface area (Å²) in [4.78, 5) is 29.1. The third-order valence-electron chi connectivity index (χ3n) is 5.52. The van der Waals surface area contributed by atoms with E-state index >= 15 is 0 Å². The Balaban J connectivity index is 1.52. The Morgan fingerprint density at radius 1 is 1.04 bits per heavy atom. The molecule has 1 aromatic rings. The molecule has 24 heavy (non-hydrogen) atoms. The quantitative estimate of drug-likeness (QED) is 0.833. The van der Waals surface area contributed by atoms with Crippen molar-refractivity contribution < 1.29 is 9.59 Å². The predicted octanol–water partition coefficient (Wildman–Crippen LogP) is 3.07. The van der Waals surface area contributed by atoms with E-state index in [-0.39, 0.29) is 17.7 Å². The molecule has 0 radical (unpaired) electrons. The van der Waals surface area contributed by atoms with Gasteiger partial charge in [-0.05, 0) is 38.2 Å². The summed E-state index contributed by atoms with van der Waals surface area (Å²) in [6, 6.07) is 10.2. The number of carbonyl (C=O) groups excluding carboxylic acids is 2. The third-order valence-corrected chi connectivity index (χ3v) is 5.52. The molecule has 1 aromatic carbocycles. The second-order valence-electron chi connectivity index (χ2n) is 7.07. The molecule has 0 N–H and O–H groups in total. The van der Waals surface area contributed by atoms with E-state index in [1.807, 2.05) is 34.9 Å². The average Bonchev–Trinajstić information content (AvgIpc) is 2.58. The van der Waals surface area contributed by atoms with Crippen molar-refractivity contribution >= 4 is 11.8 Å². The zero-order chi connectivity index (χ0) is 16.9. The summed E-state index contributed by atoms with van der Waals surface area (Å²) in [7, 11) is 0. The summed E-state index contributed by atoms with van der Waals surface area (Å²) in [6.45, 7) is 4.94. The molecule has 0 atom stereocenters. The number of carbonyl (C=O) groups is 2. The number of hydrogen-bond donors (Lipinski definition) is 0. The van der Waals surface area contributed by atoms with Crippen LogP contribution in [0.2, 0.25) is 0 Å². The Kier molecular flexibility index (Phi) is 5.54. The van der Waals surface area contributed by atoms with Gasteiger partial charge in [0, 0.05) is 38.0 Å². The fourth-order valence-corrected chi connectivity index (χ4v) is 3.67. The Labute approximate surface area is 144 Å². The van der Waals surface area contributed by atoms with Crippen LogP contribution in [0.15, 0.2) is 30.3 Å². The minimum absolute atomic E-state index is 0.0686. The van der Waals surface area contributed by atoms with Crippen LogP contribution in [0, 0.1) is 11.8 Å². The van der Waals surface area contributed by atoms with Crippen molar-refractivity contribution in [2.75, 3.05) is 19.6 Å². The summed E-state index contributed by atoms with van der Waals surface area (Å²) < 4.78 is 0. The molecular formula is C20H28N2O2. The van der Waals surface area contributed by atoms with Crippen molar-refractivity contribution in [3.05, 3.63) is 35.9 Å². The largest absolute Gasteiger partial charge is 0.342 e. The van der Waals surface area contributed by atoms with Crippen molar-refractivity contribution in [1.29, 1.82) is 0 Å². The number of amides is 2. The maximum Gasteiger partial charge on any atom is 0.226 e. The highest BCUT2D eigenvalue weighted by atomic mass is 16.2. The summed E-state index contributed by atoms with van der Waals surface area (Å²) in [5.41, 5.74) is 1.17. The summed E-state index contributed by atoms with van der Waals surface area (Å²) in [5, 5.41) is 0. The van der Waals surface area contributed by atoms with Crippen LogP contribution in [-0.4, -0.2) is 41.2 Å².